The van der Waals surface area contributed by atoms with Crippen LogP contribution >= 0.6 is 0 Å². The standard InChI is InChI=1S/C19H14N4O2/c24-19(17-14-5-2-1-4-13(14)7-8-21-17)23-12-15-18(22-10-9-20-15)16-6-3-11-25-16/h1-11H,12H2,(H,23,24). The molecule has 3 heterocycles. The van der Waals surface area contributed by atoms with Gasteiger partial charge in [-0.25, -0.2) is 4.98 Å². The number of hydrogen-bond acceptors (Lipinski definition) is 5. The van der Waals surface area contributed by atoms with Crippen molar-refractivity contribution in [2.45, 2.75) is 6.54 Å². The zero-order valence-corrected chi connectivity index (χ0v) is 13.2. The van der Waals surface area contributed by atoms with Crippen LogP contribution in [0.3, 0.4) is 0 Å². The van der Waals surface area contributed by atoms with Crippen molar-refractivity contribution in [1.82, 2.24) is 20.3 Å². The third-order valence-electron chi connectivity index (χ3n) is 3.83. The fraction of sp³-hybridized carbons (Fsp3) is 0.0526. The lowest BCUT2D eigenvalue weighted by molar-refractivity contribution is 0.0947. The summed E-state index contributed by atoms with van der Waals surface area (Å²) in [6.45, 7) is 0.230. The number of nitrogens with zero attached hydrogens (tertiary/aromatic N) is 3. The summed E-state index contributed by atoms with van der Waals surface area (Å²) in [5.41, 5.74) is 1.63. The van der Waals surface area contributed by atoms with Crippen molar-refractivity contribution in [3.63, 3.8) is 0 Å². The van der Waals surface area contributed by atoms with Crippen LogP contribution < -0.4 is 5.32 Å². The van der Waals surface area contributed by atoms with Gasteiger partial charge in [-0.2, -0.15) is 0 Å². The fourth-order valence-electron chi connectivity index (χ4n) is 2.66. The minimum absolute atomic E-state index is 0.230. The topological polar surface area (TPSA) is 80.9 Å². The number of furan rings is 1. The van der Waals surface area contributed by atoms with Crippen molar-refractivity contribution in [2.24, 2.45) is 0 Å². The molecule has 0 atom stereocenters. The van der Waals surface area contributed by atoms with Crippen LogP contribution in [-0.2, 0) is 6.54 Å². The van der Waals surface area contributed by atoms with Gasteiger partial charge in [0.25, 0.3) is 5.91 Å². The Morgan fingerprint density at radius 1 is 0.960 bits per heavy atom. The first-order valence-corrected chi connectivity index (χ1v) is 7.78. The van der Waals surface area contributed by atoms with Crippen LogP contribution in [0.4, 0.5) is 0 Å². The second-order valence-corrected chi connectivity index (χ2v) is 5.39. The summed E-state index contributed by atoms with van der Waals surface area (Å²) in [5.74, 6) is 0.355. The van der Waals surface area contributed by atoms with Crippen LogP contribution in [0.2, 0.25) is 0 Å². The number of amides is 1. The number of benzene rings is 1. The smallest absolute Gasteiger partial charge is 0.270 e. The quantitative estimate of drug-likeness (QED) is 0.621. The maximum atomic E-state index is 12.6. The SMILES string of the molecule is O=C(NCc1nccnc1-c1ccco1)c1nccc2ccccc12. The van der Waals surface area contributed by atoms with Gasteiger partial charge in [0.1, 0.15) is 11.4 Å². The minimum Gasteiger partial charge on any atom is -0.463 e. The van der Waals surface area contributed by atoms with Gasteiger partial charge in [-0.05, 0) is 23.6 Å². The molecular formula is C19H14N4O2. The number of aromatic nitrogens is 3. The summed E-state index contributed by atoms with van der Waals surface area (Å²) in [6, 6.07) is 13.1. The molecule has 6 heteroatoms. The fourth-order valence-corrected chi connectivity index (χ4v) is 2.66. The minimum atomic E-state index is -0.257. The van der Waals surface area contributed by atoms with Crippen molar-refractivity contribution in [3.05, 3.63) is 78.7 Å². The lowest BCUT2D eigenvalue weighted by Crippen LogP contribution is -2.25. The average Bonchev–Trinajstić information content (AvgIpc) is 3.20. The Bertz CT molecular complexity index is 1020. The van der Waals surface area contributed by atoms with E-state index >= 15 is 0 Å². The number of rotatable bonds is 4. The van der Waals surface area contributed by atoms with Gasteiger partial charge >= 0.3 is 0 Å². The van der Waals surface area contributed by atoms with Gasteiger partial charge in [0, 0.05) is 24.0 Å². The Labute approximate surface area is 143 Å². The van der Waals surface area contributed by atoms with Crippen LogP contribution in [0.25, 0.3) is 22.2 Å². The Morgan fingerprint density at radius 2 is 1.84 bits per heavy atom. The molecule has 0 spiro atoms. The third-order valence-corrected chi connectivity index (χ3v) is 3.83. The molecule has 0 unspecified atom stereocenters. The molecule has 1 aromatic carbocycles. The van der Waals surface area contributed by atoms with Crippen molar-refractivity contribution in [3.8, 4) is 11.5 Å². The normalized spacial score (nSPS) is 10.7. The van der Waals surface area contributed by atoms with E-state index in [0.717, 1.165) is 10.8 Å². The summed E-state index contributed by atoms with van der Waals surface area (Å²) >= 11 is 0. The van der Waals surface area contributed by atoms with E-state index in [4.69, 9.17) is 4.42 Å². The van der Waals surface area contributed by atoms with Crippen LogP contribution in [0.1, 0.15) is 16.2 Å². The van der Waals surface area contributed by atoms with Crippen molar-refractivity contribution in [1.29, 1.82) is 0 Å². The van der Waals surface area contributed by atoms with E-state index in [1.54, 1.807) is 30.9 Å². The first kappa shape index (κ1) is 15.0. The number of hydrogen-bond donors (Lipinski definition) is 1. The van der Waals surface area contributed by atoms with Gasteiger partial charge in [0.05, 0.1) is 18.5 Å². The van der Waals surface area contributed by atoms with Gasteiger partial charge in [-0.3, -0.25) is 14.8 Å². The van der Waals surface area contributed by atoms with Crippen molar-refractivity contribution < 1.29 is 9.21 Å². The highest BCUT2D eigenvalue weighted by Crippen LogP contribution is 2.20. The number of pyridine rings is 1. The first-order valence-electron chi connectivity index (χ1n) is 7.78. The van der Waals surface area contributed by atoms with Crippen molar-refractivity contribution in [2.75, 3.05) is 0 Å². The molecule has 25 heavy (non-hydrogen) atoms. The van der Waals surface area contributed by atoms with Gasteiger partial charge in [-0.1, -0.05) is 24.3 Å². The highest BCUT2D eigenvalue weighted by molar-refractivity contribution is 6.05. The summed E-state index contributed by atoms with van der Waals surface area (Å²) in [6.07, 6.45) is 6.39. The number of nitrogens with one attached hydrogen (secondary N) is 1. The monoisotopic (exact) mass is 330 g/mol. The number of carbonyl (C=O) groups excluding carboxylic acids is 1. The first-order chi connectivity index (χ1) is 12.3. The number of carbonyl (C=O) groups is 1. The molecule has 1 N–H and O–H groups in total. The van der Waals surface area contributed by atoms with E-state index in [2.05, 4.69) is 20.3 Å². The predicted octanol–water partition coefficient (Wildman–Crippen LogP) is 3.21. The highest BCUT2D eigenvalue weighted by atomic mass is 16.3. The zero-order chi connectivity index (χ0) is 17.1. The molecule has 4 rings (SSSR count). The van der Waals surface area contributed by atoms with Gasteiger partial charge in [0.2, 0.25) is 0 Å². The molecule has 0 fully saturated rings. The molecule has 122 valence electrons. The highest BCUT2D eigenvalue weighted by Gasteiger charge is 2.14. The summed E-state index contributed by atoms with van der Waals surface area (Å²) in [5, 5.41) is 4.65. The molecule has 0 radical (unpaired) electrons. The van der Waals surface area contributed by atoms with E-state index in [1.807, 2.05) is 36.4 Å². The molecule has 6 nitrogen and oxygen atoms in total. The average molecular weight is 330 g/mol. The van der Waals surface area contributed by atoms with E-state index in [-0.39, 0.29) is 12.5 Å². The molecule has 1 amide bonds. The maximum absolute atomic E-state index is 12.6. The van der Waals surface area contributed by atoms with E-state index in [1.165, 1.54) is 0 Å². The summed E-state index contributed by atoms with van der Waals surface area (Å²) < 4.78 is 5.38. The van der Waals surface area contributed by atoms with Gasteiger partial charge < -0.3 is 9.73 Å². The number of fused-ring (bicyclic) bond motifs is 1. The maximum Gasteiger partial charge on any atom is 0.270 e. The summed E-state index contributed by atoms with van der Waals surface area (Å²) in [7, 11) is 0. The van der Waals surface area contributed by atoms with Crippen molar-refractivity contribution >= 4 is 16.7 Å². The largest absolute Gasteiger partial charge is 0.463 e. The zero-order valence-electron chi connectivity index (χ0n) is 13.2. The molecule has 0 aliphatic rings. The molecular weight excluding hydrogens is 316 g/mol. The van der Waals surface area contributed by atoms with Gasteiger partial charge in [0.15, 0.2) is 5.76 Å². The van der Waals surface area contributed by atoms with Gasteiger partial charge in [-0.15, -0.1) is 0 Å². The van der Waals surface area contributed by atoms with Crippen LogP contribution in [0.5, 0.6) is 0 Å². The van der Waals surface area contributed by atoms with Crippen LogP contribution in [0, 0.1) is 0 Å². The summed E-state index contributed by atoms with van der Waals surface area (Å²) in [4.78, 5) is 25.4. The Morgan fingerprint density at radius 3 is 2.72 bits per heavy atom. The Balaban J connectivity index is 1.59. The van der Waals surface area contributed by atoms with Crippen LogP contribution in [-0.4, -0.2) is 20.9 Å². The lowest BCUT2D eigenvalue weighted by Gasteiger charge is -2.08. The third kappa shape index (κ3) is 2.97. The molecule has 0 saturated heterocycles. The molecule has 0 saturated carbocycles. The second kappa shape index (κ2) is 6.52. The molecule has 3 aromatic heterocycles. The van der Waals surface area contributed by atoms with Crippen LogP contribution in [0.15, 0.2) is 71.7 Å². The molecule has 0 bridgehead atoms. The lowest BCUT2D eigenvalue weighted by atomic mass is 10.1. The second-order valence-electron chi connectivity index (χ2n) is 5.39. The molecule has 0 aliphatic carbocycles. The Hall–Kier alpha value is -3.54. The van der Waals surface area contributed by atoms with E-state index < -0.39 is 0 Å². The molecule has 4 aromatic rings. The van der Waals surface area contributed by atoms with E-state index in [9.17, 15) is 4.79 Å². The Kier molecular flexibility index (Phi) is 3.92. The molecule has 0 aliphatic heterocycles. The van der Waals surface area contributed by atoms with E-state index in [0.29, 0.717) is 22.8 Å². The predicted molar refractivity (Wildman–Crippen MR) is 92.6 cm³/mol.